The van der Waals surface area contributed by atoms with Crippen molar-refractivity contribution in [1.29, 1.82) is 0 Å². The lowest BCUT2D eigenvalue weighted by atomic mass is 10.1. The fourth-order valence-corrected chi connectivity index (χ4v) is 2.22. The van der Waals surface area contributed by atoms with Crippen LogP contribution in [0.1, 0.15) is 41.0 Å². The predicted molar refractivity (Wildman–Crippen MR) is 100 cm³/mol. The fraction of sp³-hybridized carbons (Fsp3) is 0.867. The number of amides is 1. The smallest absolute Gasteiger partial charge is 0.408 e. The maximum Gasteiger partial charge on any atom is 0.408 e. The van der Waals surface area contributed by atoms with Crippen molar-refractivity contribution in [2.75, 3.05) is 32.9 Å². The molecule has 148 valence electrons. The molecule has 10 heteroatoms. The van der Waals surface area contributed by atoms with Gasteiger partial charge in [-0.1, -0.05) is 0 Å². The van der Waals surface area contributed by atoms with E-state index in [2.05, 4.69) is 25.7 Å². The molecular weight excluding hydrogens is 346 g/mol. The highest BCUT2D eigenvalue weighted by Gasteiger charge is 2.24. The van der Waals surface area contributed by atoms with Crippen LogP contribution in [-0.2, 0) is 14.8 Å². The van der Waals surface area contributed by atoms with Crippen LogP contribution >= 0.6 is 0 Å². The molecule has 0 aromatic carbocycles. The molecule has 0 rings (SSSR count). The van der Waals surface area contributed by atoms with Crippen LogP contribution < -0.4 is 20.7 Å². The number of carbonyl (C=O) groups is 1. The van der Waals surface area contributed by atoms with Gasteiger partial charge in [-0.05, 0) is 41.0 Å². The summed E-state index contributed by atoms with van der Waals surface area (Å²) in [4.78, 5) is 15.9. The van der Waals surface area contributed by atoms with Crippen LogP contribution in [0.3, 0.4) is 0 Å². The molecule has 1 amide bonds. The number of ether oxygens (including phenoxy) is 1. The van der Waals surface area contributed by atoms with Gasteiger partial charge in [0, 0.05) is 26.7 Å². The second kappa shape index (κ2) is 9.81. The average molecular weight is 380 g/mol. The van der Waals surface area contributed by atoms with Crippen LogP contribution in [0.5, 0.6) is 0 Å². The highest BCUT2D eigenvalue weighted by Crippen LogP contribution is 2.09. The third-order valence-corrected chi connectivity index (χ3v) is 3.50. The largest absolute Gasteiger partial charge is 0.444 e. The van der Waals surface area contributed by atoms with Crippen LogP contribution in [0.4, 0.5) is 4.79 Å². The number of hydrogen-bond donors (Lipinski definition) is 4. The van der Waals surface area contributed by atoms with E-state index in [0.717, 1.165) is 6.26 Å². The quantitative estimate of drug-likeness (QED) is 0.275. The number of rotatable bonds is 8. The van der Waals surface area contributed by atoms with Gasteiger partial charge < -0.3 is 20.7 Å². The van der Waals surface area contributed by atoms with Gasteiger partial charge in [-0.3, -0.25) is 4.99 Å². The number of nitrogens with one attached hydrogen (secondary N) is 4. The third-order valence-electron chi connectivity index (χ3n) is 2.77. The maximum atomic E-state index is 11.9. The Hall–Kier alpha value is -1.55. The van der Waals surface area contributed by atoms with E-state index in [1.165, 1.54) is 0 Å². The molecule has 0 heterocycles. The van der Waals surface area contributed by atoms with Gasteiger partial charge in [0.25, 0.3) is 0 Å². The minimum absolute atomic E-state index is 0.356. The summed E-state index contributed by atoms with van der Waals surface area (Å²) in [6.07, 6.45) is 1.27. The van der Waals surface area contributed by atoms with E-state index in [-0.39, 0.29) is 0 Å². The molecule has 0 aromatic heterocycles. The van der Waals surface area contributed by atoms with Gasteiger partial charge in [-0.25, -0.2) is 17.9 Å². The minimum atomic E-state index is -3.16. The Labute approximate surface area is 151 Å². The van der Waals surface area contributed by atoms with Crippen LogP contribution in [0.25, 0.3) is 0 Å². The van der Waals surface area contributed by atoms with E-state index in [9.17, 15) is 13.2 Å². The summed E-state index contributed by atoms with van der Waals surface area (Å²) in [6.45, 7) is 10.5. The van der Waals surface area contributed by atoms with Crippen LogP contribution in [-0.4, -0.2) is 64.5 Å². The van der Waals surface area contributed by atoms with Crippen molar-refractivity contribution in [3.05, 3.63) is 0 Å². The molecule has 0 atom stereocenters. The molecule has 4 N–H and O–H groups in total. The van der Waals surface area contributed by atoms with Gasteiger partial charge in [0.05, 0.1) is 11.8 Å². The molecule has 25 heavy (non-hydrogen) atoms. The molecule has 9 nitrogen and oxygen atoms in total. The Balaban J connectivity index is 4.21. The van der Waals surface area contributed by atoms with Crippen LogP contribution in [0.2, 0.25) is 0 Å². The zero-order valence-corrected chi connectivity index (χ0v) is 17.1. The lowest BCUT2D eigenvalue weighted by molar-refractivity contribution is 0.0474. The molecule has 0 spiro atoms. The molecular formula is C15H33N5O4S. The molecule has 0 aliphatic heterocycles. The minimum Gasteiger partial charge on any atom is -0.444 e. The molecule has 0 aromatic rings. The first-order valence-corrected chi connectivity index (χ1v) is 10.0. The van der Waals surface area contributed by atoms with Crippen LogP contribution in [0.15, 0.2) is 4.99 Å². The summed E-state index contributed by atoms with van der Waals surface area (Å²) in [5, 5.41) is 9.00. The topological polar surface area (TPSA) is 121 Å². The number of carbonyl (C=O) groups excluding carboxylic acids is 1. The van der Waals surface area contributed by atoms with Crippen molar-refractivity contribution in [2.45, 2.75) is 52.2 Å². The van der Waals surface area contributed by atoms with E-state index in [1.54, 1.807) is 7.05 Å². The highest BCUT2D eigenvalue weighted by atomic mass is 32.2. The van der Waals surface area contributed by atoms with Gasteiger partial charge in [-0.2, -0.15) is 0 Å². The zero-order chi connectivity index (χ0) is 19.7. The van der Waals surface area contributed by atoms with E-state index in [1.807, 2.05) is 34.6 Å². The molecule has 0 aliphatic carbocycles. The lowest BCUT2D eigenvalue weighted by Crippen LogP contribution is -2.54. The normalized spacial score (nSPS) is 13.3. The molecule has 0 saturated heterocycles. The monoisotopic (exact) mass is 379 g/mol. The summed E-state index contributed by atoms with van der Waals surface area (Å²) in [7, 11) is -1.52. The van der Waals surface area contributed by atoms with E-state index in [0.29, 0.717) is 32.0 Å². The molecule has 0 bridgehead atoms. The number of alkyl carbamates (subject to hydrolysis) is 1. The maximum absolute atomic E-state index is 11.9. The number of hydrogen-bond acceptors (Lipinski definition) is 5. The Morgan fingerprint density at radius 1 is 1.08 bits per heavy atom. The fourth-order valence-electron chi connectivity index (χ4n) is 1.70. The Bertz CT molecular complexity index is 553. The van der Waals surface area contributed by atoms with Gasteiger partial charge in [0.2, 0.25) is 10.0 Å². The Kier molecular flexibility index (Phi) is 9.20. The van der Waals surface area contributed by atoms with E-state index in [4.69, 9.17) is 4.74 Å². The van der Waals surface area contributed by atoms with E-state index >= 15 is 0 Å². The zero-order valence-electron chi connectivity index (χ0n) is 16.3. The predicted octanol–water partition coefficient (Wildman–Crippen LogP) is 0.394. The first-order chi connectivity index (χ1) is 11.2. The van der Waals surface area contributed by atoms with Crippen LogP contribution in [0, 0.1) is 0 Å². The molecule has 0 unspecified atom stereocenters. The van der Waals surface area contributed by atoms with Crippen molar-refractivity contribution >= 4 is 22.1 Å². The van der Waals surface area contributed by atoms with Gasteiger partial charge >= 0.3 is 6.09 Å². The number of sulfonamides is 1. The second-order valence-corrected chi connectivity index (χ2v) is 9.22. The van der Waals surface area contributed by atoms with Gasteiger partial charge in [-0.15, -0.1) is 0 Å². The first kappa shape index (κ1) is 23.4. The van der Waals surface area contributed by atoms with Gasteiger partial charge in [0.1, 0.15) is 5.60 Å². The molecule has 0 radical (unpaired) electrons. The average Bonchev–Trinajstić information content (AvgIpc) is 2.37. The van der Waals surface area contributed by atoms with Crippen molar-refractivity contribution in [3.63, 3.8) is 0 Å². The van der Waals surface area contributed by atoms with Gasteiger partial charge in [0.15, 0.2) is 5.96 Å². The highest BCUT2D eigenvalue weighted by molar-refractivity contribution is 7.88. The van der Waals surface area contributed by atoms with Crippen molar-refractivity contribution in [2.24, 2.45) is 4.99 Å². The van der Waals surface area contributed by atoms with E-state index < -0.39 is 27.3 Å². The first-order valence-electron chi connectivity index (χ1n) is 8.14. The van der Waals surface area contributed by atoms with Crippen molar-refractivity contribution in [1.82, 2.24) is 20.7 Å². The number of guanidine groups is 1. The molecule has 0 saturated carbocycles. The summed E-state index contributed by atoms with van der Waals surface area (Å²) in [5.41, 5.74) is -1.09. The summed E-state index contributed by atoms with van der Waals surface area (Å²) < 4.78 is 29.6. The standard InChI is InChI=1S/C15H33N5O4S/c1-14(2,3)24-13(21)20-15(4,5)11-18-12(16-6)17-9-8-10-19-25(7,22)23/h19H,8-11H2,1-7H3,(H,20,21)(H2,16,17,18). The second-order valence-electron chi connectivity index (χ2n) is 7.38. The number of nitrogens with zero attached hydrogens (tertiary/aromatic N) is 1. The summed E-state index contributed by atoms with van der Waals surface area (Å²) in [6, 6.07) is 0. The number of aliphatic imine (C=N–C) groups is 1. The third kappa shape index (κ3) is 14.5. The van der Waals surface area contributed by atoms with Crippen molar-refractivity contribution < 1.29 is 17.9 Å². The van der Waals surface area contributed by atoms with Crippen molar-refractivity contribution in [3.8, 4) is 0 Å². The Morgan fingerprint density at radius 2 is 1.68 bits per heavy atom. The lowest BCUT2D eigenvalue weighted by Gasteiger charge is -2.29. The molecule has 0 aliphatic rings. The SMILES string of the molecule is CN=C(NCCCNS(C)(=O)=O)NCC(C)(C)NC(=O)OC(C)(C)C. The molecule has 0 fully saturated rings. The Morgan fingerprint density at radius 3 is 2.16 bits per heavy atom. The summed E-state index contributed by atoms with van der Waals surface area (Å²) in [5.74, 6) is 0.568. The summed E-state index contributed by atoms with van der Waals surface area (Å²) >= 11 is 0.